The summed E-state index contributed by atoms with van der Waals surface area (Å²) in [6.45, 7) is 3.00. The molecule has 0 bridgehead atoms. The van der Waals surface area contributed by atoms with Crippen LogP contribution in [0.3, 0.4) is 0 Å². The lowest BCUT2D eigenvalue weighted by atomic mass is 10.2. The van der Waals surface area contributed by atoms with E-state index < -0.39 is 0 Å². The number of benzene rings is 1. The van der Waals surface area contributed by atoms with Crippen LogP contribution in [0, 0.1) is 0 Å². The first-order valence-electron chi connectivity index (χ1n) is 8.00. The third-order valence-corrected chi connectivity index (χ3v) is 5.25. The van der Waals surface area contributed by atoms with Gasteiger partial charge in [-0.2, -0.15) is 0 Å². The Bertz CT molecular complexity index is 878. The molecule has 3 rings (SSSR count). The van der Waals surface area contributed by atoms with Crippen molar-refractivity contribution in [3.05, 3.63) is 41.7 Å². The minimum atomic E-state index is -0.00190. The molecule has 3 aromatic rings. The van der Waals surface area contributed by atoms with Gasteiger partial charge in [-0.1, -0.05) is 23.7 Å². The highest BCUT2D eigenvalue weighted by molar-refractivity contribution is 7.22. The number of fused-ring (bicyclic) bond motifs is 1. The Labute approximate surface area is 155 Å². The predicted molar refractivity (Wildman–Crippen MR) is 104 cm³/mol. The Morgan fingerprint density at radius 2 is 2.04 bits per heavy atom. The summed E-state index contributed by atoms with van der Waals surface area (Å²) in [5.41, 5.74) is 2.06. The highest BCUT2D eigenvalue weighted by Gasteiger charge is 2.13. The van der Waals surface area contributed by atoms with Gasteiger partial charge in [0.25, 0.3) is 0 Å². The van der Waals surface area contributed by atoms with Gasteiger partial charge in [-0.25, -0.2) is 9.97 Å². The SMILES string of the molecule is CC(=O)NCCCN(C)c1ncnc2cc(-c3ccc(Cl)cc3)sc12. The lowest BCUT2D eigenvalue weighted by Gasteiger charge is -2.18. The molecular weight excluding hydrogens is 356 g/mol. The second-order valence-electron chi connectivity index (χ2n) is 5.79. The Kier molecular flexibility index (Phi) is 5.50. The molecule has 25 heavy (non-hydrogen) atoms. The summed E-state index contributed by atoms with van der Waals surface area (Å²) >= 11 is 7.65. The van der Waals surface area contributed by atoms with E-state index in [1.54, 1.807) is 17.7 Å². The van der Waals surface area contributed by atoms with E-state index in [1.807, 2.05) is 31.3 Å². The Morgan fingerprint density at radius 1 is 1.28 bits per heavy atom. The Balaban J connectivity index is 1.81. The number of halogens is 1. The number of rotatable bonds is 6. The van der Waals surface area contributed by atoms with E-state index in [0.717, 1.165) is 44.5 Å². The summed E-state index contributed by atoms with van der Waals surface area (Å²) < 4.78 is 1.06. The van der Waals surface area contributed by atoms with Crippen molar-refractivity contribution in [3.63, 3.8) is 0 Å². The molecule has 0 atom stereocenters. The van der Waals surface area contributed by atoms with E-state index in [9.17, 15) is 4.79 Å². The molecule has 0 radical (unpaired) electrons. The number of carbonyl (C=O) groups is 1. The predicted octanol–water partition coefficient (Wildman–Crippen LogP) is 3.97. The van der Waals surface area contributed by atoms with E-state index >= 15 is 0 Å². The van der Waals surface area contributed by atoms with Crippen LogP contribution in [0.1, 0.15) is 13.3 Å². The van der Waals surface area contributed by atoms with Crippen molar-refractivity contribution in [2.75, 3.05) is 25.0 Å². The van der Waals surface area contributed by atoms with Gasteiger partial charge in [-0.05, 0) is 30.2 Å². The molecule has 0 fully saturated rings. The number of aromatic nitrogens is 2. The number of hydrogen-bond donors (Lipinski definition) is 1. The van der Waals surface area contributed by atoms with Crippen molar-refractivity contribution in [3.8, 4) is 10.4 Å². The van der Waals surface area contributed by atoms with Crippen molar-refractivity contribution in [1.29, 1.82) is 0 Å². The fourth-order valence-electron chi connectivity index (χ4n) is 2.56. The first-order valence-corrected chi connectivity index (χ1v) is 9.20. The number of thiophene rings is 1. The Morgan fingerprint density at radius 3 is 2.76 bits per heavy atom. The summed E-state index contributed by atoms with van der Waals surface area (Å²) in [4.78, 5) is 23.0. The molecule has 1 aromatic carbocycles. The van der Waals surface area contributed by atoms with Crippen LogP contribution in [0.15, 0.2) is 36.7 Å². The van der Waals surface area contributed by atoms with Gasteiger partial charge >= 0.3 is 0 Å². The molecule has 0 saturated carbocycles. The van der Waals surface area contributed by atoms with Gasteiger partial charge in [-0.15, -0.1) is 11.3 Å². The van der Waals surface area contributed by atoms with Crippen molar-refractivity contribution < 1.29 is 4.79 Å². The molecule has 130 valence electrons. The zero-order chi connectivity index (χ0) is 17.8. The first-order chi connectivity index (χ1) is 12.0. The second-order valence-corrected chi connectivity index (χ2v) is 7.28. The number of nitrogens with one attached hydrogen (secondary N) is 1. The standard InChI is InChI=1S/C18H19ClN4OS/c1-12(24)20-8-3-9-23(2)18-17-15(21-11-22-18)10-16(25-17)13-4-6-14(19)7-5-13/h4-7,10-11H,3,8-9H2,1-2H3,(H,20,24). The third kappa shape index (κ3) is 4.27. The van der Waals surface area contributed by atoms with E-state index in [-0.39, 0.29) is 5.91 Å². The van der Waals surface area contributed by atoms with Crippen molar-refractivity contribution in [2.45, 2.75) is 13.3 Å². The van der Waals surface area contributed by atoms with Gasteiger partial charge < -0.3 is 10.2 Å². The minimum Gasteiger partial charge on any atom is -0.358 e. The van der Waals surface area contributed by atoms with E-state index in [4.69, 9.17) is 11.6 Å². The summed E-state index contributed by atoms with van der Waals surface area (Å²) in [6.07, 6.45) is 2.46. The van der Waals surface area contributed by atoms with Crippen LogP contribution in [0.2, 0.25) is 5.02 Å². The molecule has 0 aliphatic heterocycles. The van der Waals surface area contributed by atoms with Gasteiger partial charge in [0.15, 0.2) is 0 Å². The maximum Gasteiger partial charge on any atom is 0.216 e. The molecule has 0 aliphatic carbocycles. The smallest absolute Gasteiger partial charge is 0.216 e. The van der Waals surface area contributed by atoms with Crippen molar-refractivity contribution in [1.82, 2.24) is 15.3 Å². The summed E-state index contributed by atoms with van der Waals surface area (Å²) in [5, 5.41) is 3.54. The molecule has 5 nitrogen and oxygen atoms in total. The molecule has 0 unspecified atom stereocenters. The van der Waals surface area contributed by atoms with Crippen LogP contribution in [-0.2, 0) is 4.79 Å². The third-order valence-electron chi connectivity index (χ3n) is 3.83. The quantitative estimate of drug-likeness (QED) is 0.663. The highest BCUT2D eigenvalue weighted by atomic mass is 35.5. The van der Waals surface area contributed by atoms with Gasteiger partial charge in [0, 0.05) is 37.0 Å². The highest BCUT2D eigenvalue weighted by Crippen LogP contribution is 2.36. The maximum atomic E-state index is 10.9. The van der Waals surface area contributed by atoms with Crippen molar-refractivity contribution in [2.24, 2.45) is 0 Å². The van der Waals surface area contributed by atoms with Crippen LogP contribution in [0.5, 0.6) is 0 Å². The number of amides is 1. The fraction of sp³-hybridized carbons (Fsp3) is 0.278. The molecular formula is C18H19ClN4OS. The number of carbonyl (C=O) groups excluding carboxylic acids is 1. The molecule has 0 saturated heterocycles. The number of anilines is 1. The number of hydrogen-bond acceptors (Lipinski definition) is 5. The zero-order valence-corrected chi connectivity index (χ0v) is 15.7. The molecule has 1 N–H and O–H groups in total. The second kappa shape index (κ2) is 7.80. The average Bonchev–Trinajstić information content (AvgIpc) is 3.03. The van der Waals surface area contributed by atoms with Crippen LogP contribution in [0.25, 0.3) is 20.7 Å². The molecule has 1 amide bonds. The van der Waals surface area contributed by atoms with E-state index in [0.29, 0.717) is 6.54 Å². The monoisotopic (exact) mass is 374 g/mol. The molecule has 0 spiro atoms. The molecule has 7 heteroatoms. The molecule has 0 aliphatic rings. The summed E-state index contributed by atoms with van der Waals surface area (Å²) in [6, 6.07) is 9.89. The summed E-state index contributed by atoms with van der Waals surface area (Å²) in [7, 11) is 2.01. The van der Waals surface area contributed by atoms with Gasteiger partial charge in [0.05, 0.1) is 10.2 Å². The molecule has 2 heterocycles. The van der Waals surface area contributed by atoms with Gasteiger partial charge in [0.2, 0.25) is 5.91 Å². The maximum absolute atomic E-state index is 10.9. The zero-order valence-electron chi connectivity index (χ0n) is 14.1. The fourth-order valence-corrected chi connectivity index (χ4v) is 3.84. The van der Waals surface area contributed by atoms with Crippen molar-refractivity contribution >= 4 is 44.9 Å². The topological polar surface area (TPSA) is 58.1 Å². The lowest BCUT2D eigenvalue weighted by molar-refractivity contribution is -0.118. The minimum absolute atomic E-state index is 0.00190. The average molecular weight is 375 g/mol. The first kappa shape index (κ1) is 17.6. The lowest BCUT2D eigenvalue weighted by Crippen LogP contribution is -2.26. The van der Waals surface area contributed by atoms with Crippen LogP contribution in [-0.4, -0.2) is 36.0 Å². The van der Waals surface area contributed by atoms with E-state index in [1.165, 1.54) is 6.92 Å². The largest absolute Gasteiger partial charge is 0.358 e. The van der Waals surface area contributed by atoms with Crippen LogP contribution >= 0.6 is 22.9 Å². The Hall–Kier alpha value is -2.18. The van der Waals surface area contributed by atoms with Gasteiger partial charge in [0.1, 0.15) is 12.1 Å². The normalized spacial score (nSPS) is 10.8. The van der Waals surface area contributed by atoms with Crippen LogP contribution in [0.4, 0.5) is 5.82 Å². The van der Waals surface area contributed by atoms with Gasteiger partial charge in [-0.3, -0.25) is 4.79 Å². The number of nitrogens with zero attached hydrogens (tertiary/aromatic N) is 3. The van der Waals surface area contributed by atoms with Crippen LogP contribution < -0.4 is 10.2 Å². The van der Waals surface area contributed by atoms with E-state index in [2.05, 4.69) is 26.3 Å². The summed E-state index contributed by atoms with van der Waals surface area (Å²) in [5.74, 6) is 0.913. The molecule has 2 aromatic heterocycles.